The third-order valence-corrected chi connectivity index (χ3v) is 5.17. The van der Waals surface area contributed by atoms with Crippen LogP contribution in [0.2, 0.25) is 0 Å². The number of methoxy groups -OCH3 is 1. The van der Waals surface area contributed by atoms with Gasteiger partial charge in [-0.25, -0.2) is 9.59 Å². The van der Waals surface area contributed by atoms with Gasteiger partial charge >= 0.3 is 12.1 Å². The van der Waals surface area contributed by atoms with Crippen molar-refractivity contribution in [3.63, 3.8) is 0 Å². The zero-order chi connectivity index (χ0) is 26.1. The van der Waals surface area contributed by atoms with E-state index in [0.717, 1.165) is 0 Å². The number of nitrogens with one attached hydrogen (secondary N) is 2. The van der Waals surface area contributed by atoms with Crippen LogP contribution in [-0.2, 0) is 25.5 Å². The van der Waals surface area contributed by atoms with Gasteiger partial charge in [0, 0.05) is 18.1 Å². The van der Waals surface area contributed by atoms with Crippen molar-refractivity contribution >= 4 is 23.7 Å². The molecular formula is C23H35N3O8. The number of nitrogens with zero attached hydrogens (tertiary/aromatic N) is 1. The molecule has 3 N–H and O–H groups in total. The van der Waals surface area contributed by atoms with E-state index in [-0.39, 0.29) is 23.6 Å². The summed E-state index contributed by atoms with van der Waals surface area (Å²) in [6, 6.07) is 3.93. The fourth-order valence-electron chi connectivity index (χ4n) is 3.20. The Labute approximate surface area is 199 Å². The van der Waals surface area contributed by atoms with Crippen LogP contribution in [0.5, 0.6) is 0 Å². The lowest BCUT2D eigenvalue weighted by atomic mass is 9.96. The molecule has 0 heterocycles. The molecule has 1 rings (SSSR count). The van der Waals surface area contributed by atoms with Gasteiger partial charge in [-0.3, -0.25) is 14.9 Å². The average Bonchev–Trinajstić information content (AvgIpc) is 2.74. The van der Waals surface area contributed by atoms with Crippen molar-refractivity contribution in [1.29, 1.82) is 0 Å². The summed E-state index contributed by atoms with van der Waals surface area (Å²) in [5.74, 6) is -1.46. The van der Waals surface area contributed by atoms with Gasteiger partial charge in [0.15, 0.2) is 0 Å². The van der Waals surface area contributed by atoms with Crippen LogP contribution in [-0.4, -0.2) is 58.9 Å². The molecule has 0 radical (unpaired) electrons. The van der Waals surface area contributed by atoms with Crippen molar-refractivity contribution in [2.45, 2.75) is 77.7 Å². The second-order valence-electron chi connectivity index (χ2n) is 9.07. The molecule has 2 amide bonds. The highest BCUT2D eigenvalue weighted by molar-refractivity contribution is 5.85. The van der Waals surface area contributed by atoms with Gasteiger partial charge in [-0.2, -0.15) is 0 Å². The maximum atomic E-state index is 12.6. The second-order valence-corrected chi connectivity index (χ2v) is 9.07. The Bertz CT molecular complexity index is 868. The van der Waals surface area contributed by atoms with Gasteiger partial charge in [-0.05, 0) is 26.7 Å². The van der Waals surface area contributed by atoms with Gasteiger partial charge in [0.25, 0.3) is 5.69 Å². The monoisotopic (exact) mass is 481 g/mol. The molecule has 190 valence electrons. The SMILES string of the molecule is CCC(C)[C@H](NC(=O)CC(O)[C@H](Cc1ccccc1[N+](=O)[O-])NC(=O)OC(C)(C)C)C(=O)OC. The number of aliphatic hydroxyl groups is 1. The lowest BCUT2D eigenvalue weighted by Crippen LogP contribution is -2.50. The highest BCUT2D eigenvalue weighted by Gasteiger charge is 2.31. The minimum atomic E-state index is -1.43. The Balaban J connectivity index is 3.08. The van der Waals surface area contributed by atoms with Gasteiger partial charge in [0.1, 0.15) is 11.6 Å². The number of carbonyl (C=O) groups excluding carboxylic acids is 3. The number of amides is 2. The van der Waals surface area contributed by atoms with Gasteiger partial charge in [0.05, 0.1) is 30.6 Å². The van der Waals surface area contributed by atoms with E-state index in [9.17, 15) is 29.6 Å². The summed E-state index contributed by atoms with van der Waals surface area (Å²) in [7, 11) is 1.21. The van der Waals surface area contributed by atoms with Crippen molar-refractivity contribution < 1.29 is 33.9 Å². The van der Waals surface area contributed by atoms with Crippen molar-refractivity contribution in [2.24, 2.45) is 5.92 Å². The normalized spacial score (nSPS) is 14.8. The summed E-state index contributed by atoms with van der Waals surface area (Å²) in [4.78, 5) is 47.9. The molecule has 4 atom stereocenters. The lowest BCUT2D eigenvalue weighted by Gasteiger charge is -2.27. The molecule has 11 heteroatoms. The number of ether oxygens (including phenoxy) is 2. The van der Waals surface area contributed by atoms with E-state index in [1.807, 2.05) is 6.92 Å². The predicted molar refractivity (Wildman–Crippen MR) is 124 cm³/mol. The number of nitro groups is 1. The number of alkyl carbamates (subject to hydrolysis) is 1. The highest BCUT2D eigenvalue weighted by Crippen LogP contribution is 2.21. The number of esters is 1. The maximum Gasteiger partial charge on any atom is 0.407 e. The summed E-state index contributed by atoms with van der Waals surface area (Å²) in [5, 5.41) is 27.3. The van der Waals surface area contributed by atoms with Crippen LogP contribution in [0.3, 0.4) is 0 Å². The molecule has 0 bridgehead atoms. The van der Waals surface area contributed by atoms with Crippen LogP contribution in [0.4, 0.5) is 10.5 Å². The van der Waals surface area contributed by atoms with Crippen LogP contribution in [0.15, 0.2) is 24.3 Å². The number of nitro benzene ring substituents is 1. The molecule has 0 aliphatic carbocycles. The summed E-state index contributed by atoms with van der Waals surface area (Å²) < 4.78 is 9.99. The van der Waals surface area contributed by atoms with E-state index in [1.165, 1.54) is 25.3 Å². The third kappa shape index (κ3) is 9.34. The fourth-order valence-corrected chi connectivity index (χ4v) is 3.20. The van der Waals surface area contributed by atoms with E-state index < -0.39 is 53.1 Å². The number of carbonyl (C=O) groups is 3. The second kappa shape index (κ2) is 12.9. The summed E-state index contributed by atoms with van der Waals surface area (Å²) >= 11 is 0. The molecule has 1 aromatic carbocycles. The average molecular weight is 482 g/mol. The number of hydrogen-bond acceptors (Lipinski definition) is 8. The summed E-state index contributed by atoms with van der Waals surface area (Å²) in [6.07, 6.45) is -2.27. The number of hydrogen-bond donors (Lipinski definition) is 3. The maximum absolute atomic E-state index is 12.6. The molecule has 34 heavy (non-hydrogen) atoms. The van der Waals surface area contributed by atoms with Crippen LogP contribution in [0.25, 0.3) is 0 Å². The molecule has 1 aromatic rings. The van der Waals surface area contributed by atoms with Crippen LogP contribution in [0.1, 0.15) is 53.0 Å². The van der Waals surface area contributed by atoms with E-state index in [2.05, 4.69) is 10.6 Å². The van der Waals surface area contributed by atoms with Crippen LogP contribution < -0.4 is 10.6 Å². The predicted octanol–water partition coefficient (Wildman–Crippen LogP) is 2.49. The van der Waals surface area contributed by atoms with E-state index in [4.69, 9.17) is 9.47 Å². The molecule has 2 unspecified atom stereocenters. The van der Waals surface area contributed by atoms with Gasteiger partial charge in [-0.1, -0.05) is 38.5 Å². The Morgan fingerprint density at radius 3 is 2.32 bits per heavy atom. The fraction of sp³-hybridized carbons (Fsp3) is 0.609. The molecule has 0 aliphatic heterocycles. The smallest absolute Gasteiger partial charge is 0.407 e. The van der Waals surface area contributed by atoms with Gasteiger partial charge in [0.2, 0.25) is 5.91 Å². The largest absolute Gasteiger partial charge is 0.467 e. The first-order chi connectivity index (χ1) is 15.8. The zero-order valence-electron chi connectivity index (χ0n) is 20.5. The number of aliphatic hydroxyl groups excluding tert-OH is 1. The molecular weight excluding hydrogens is 446 g/mol. The molecule has 0 spiro atoms. The van der Waals surface area contributed by atoms with E-state index >= 15 is 0 Å². The first-order valence-corrected chi connectivity index (χ1v) is 11.1. The van der Waals surface area contributed by atoms with Gasteiger partial charge in [-0.15, -0.1) is 0 Å². The number of rotatable bonds is 11. The van der Waals surface area contributed by atoms with E-state index in [1.54, 1.807) is 33.8 Å². The topological polar surface area (TPSA) is 157 Å². The molecule has 0 aromatic heterocycles. The van der Waals surface area contributed by atoms with Gasteiger partial charge < -0.3 is 25.2 Å². The van der Waals surface area contributed by atoms with Crippen molar-refractivity contribution in [3.8, 4) is 0 Å². The first-order valence-electron chi connectivity index (χ1n) is 11.1. The Morgan fingerprint density at radius 2 is 1.79 bits per heavy atom. The minimum absolute atomic E-state index is 0.128. The third-order valence-electron chi connectivity index (χ3n) is 5.17. The molecule has 0 saturated heterocycles. The van der Waals surface area contributed by atoms with E-state index in [0.29, 0.717) is 6.42 Å². The standard InChI is InChI=1S/C23H35N3O8/c1-7-14(2)20(21(29)33-6)25-19(28)13-18(27)16(24-22(30)34-23(3,4)5)12-15-10-8-9-11-17(15)26(31)32/h8-11,14,16,18,20,27H,7,12-13H2,1-6H3,(H,24,30)(H,25,28)/t14?,16-,18?,20-/m0/s1. The summed E-state index contributed by atoms with van der Waals surface area (Å²) in [6.45, 7) is 8.62. The quantitative estimate of drug-likeness (QED) is 0.247. The van der Waals surface area contributed by atoms with Crippen LogP contribution in [0, 0.1) is 16.0 Å². The van der Waals surface area contributed by atoms with Crippen molar-refractivity contribution in [2.75, 3.05) is 7.11 Å². The highest BCUT2D eigenvalue weighted by atomic mass is 16.6. The minimum Gasteiger partial charge on any atom is -0.467 e. The Kier molecular flexibility index (Phi) is 10.9. The van der Waals surface area contributed by atoms with Crippen molar-refractivity contribution in [1.82, 2.24) is 10.6 Å². The molecule has 0 fully saturated rings. The first kappa shape index (κ1) is 28.8. The molecule has 11 nitrogen and oxygen atoms in total. The number of para-hydroxylation sites is 1. The zero-order valence-corrected chi connectivity index (χ0v) is 20.5. The van der Waals surface area contributed by atoms with Crippen LogP contribution >= 0.6 is 0 Å². The Hall–Kier alpha value is -3.21. The lowest BCUT2D eigenvalue weighted by molar-refractivity contribution is -0.385. The molecule has 0 saturated carbocycles. The number of benzene rings is 1. The summed E-state index contributed by atoms with van der Waals surface area (Å²) in [5.41, 5.74) is -0.738. The van der Waals surface area contributed by atoms with Crippen molar-refractivity contribution in [3.05, 3.63) is 39.9 Å². The Morgan fingerprint density at radius 1 is 1.18 bits per heavy atom. The molecule has 0 aliphatic rings.